The van der Waals surface area contributed by atoms with Crippen LogP contribution in [0.2, 0.25) is 0 Å². The molecule has 1 fully saturated rings. The molecule has 0 radical (unpaired) electrons. The maximum absolute atomic E-state index is 12.8. The number of carbonyl (C=O) groups excluding carboxylic acids is 2. The molecule has 0 unspecified atom stereocenters. The molecule has 1 aliphatic heterocycles. The lowest BCUT2D eigenvalue weighted by molar-refractivity contribution is -0.121. The van der Waals surface area contributed by atoms with Crippen molar-refractivity contribution in [3.05, 3.63) is 60.2 Å². The quantitative estimate of drug-likeness (QED) is 0.939. The van der Waals surface area contributed by atoms with Crippen LogP contribution in [-0.2, 0) is 4.79 Å². The van der Waals surface area contributed by atoms with E-state index in [2.05, 4.69) is 0 Å². The van der Waals surface area contributed by atoms with E-state index in [-0.39, 0.29) is 17.7 Å². The standard InChI is InChI=1S/C18H18N2O2S/c19-17(21)13-10-11-20(12-13)18(22)15-8-4-5-9-16(15)23-14-6-2-1-3-7-14/h1-9,13H,10-12H2,(H2,19,21)/t13-/m1/s1. The lowest BCUT2D eigenvalue weighted by Gasteiger charge is -2.18. The molecule has 1 aliphatic rings. The van der Waals surface area contributed by atoms with Crippen LogP contribution >= 0.6 is 11.8 Å². The molecule has 0 spiro atoms. The summed E-state index contributed by atoms with van der Waals surface area (Å²) in [5.41, 5.74) is 6.02. The molecule has 2 aromatic carbocycles. The van der Waals surface area contributed by atoms with E-state index in [0.717, 1.165) is 9.79 Å². The van der Waals surface area contributed by atoms with Crippen molar-refractivity contribution in [1.29, 1.82) is 0 Å². The van der Waals surface area contributed by atoms with E-state index in [1.165, 1.54) is 0 Å². The number of hydrogen-bond donors (Lipinski definition) is 1. The number of primary amides is 1. The van der Waals surface area contributed by atoms with Gasteiger partial charge in [-0.2, -0.15) is 0 Å². The Labute approximate surface area is 139 Å². The van der Waals surface area contributed by atoms with Crippen molar-refractivity contribution in [2.45, 2.75) is 16.2 Å². The molecule has 4 nitrogen and oxygen atoms in total. The van der Waals surface area contributed by atoms with E-state index in [4.69, 9.17) is 5.73 Å². The van der Waals surface area contributed by atoms with Crippen LogP contribution in [-0.4, -0.2) is 29.8 Å². The second-order valence-electron chi connectivity index (χ2n) is 5.55. The molecule has 0 aliphatic carbocycles. The van der Waals surface area contributed by atoms with Gasteiger partial charge in [0.05, 0.1) is 11.5 Å². The van der Waals surface area contributed by atoms with Gasteiger partial charge in [0.2, 0.25) is 5.91 Å². The van der Waals surface area contributed by atoms with Crippen molar-refractivity contribution in [2.75, 3.05) is 13.1 Å². The van der Waals surface area contributed by atoms with Gasteiger partial charge in [0.1, 0.15) is 0 Å². The summed E-state index contributed by atoms with van der Waals surface area (Å²) in [4.78, 5) is 27.8. The molecule has 5 heteroatoms. The molecule has 1 atom stereocenters. The fourth-order valence-corrected chi connectivity index (χ4v) is 3.65. The van der Waals surface area contributed by atoms with E-state index < -0.39 is 0 Å². The first-order valence-corrected chi connectivity index (χ1v) is 8.37. The molecule has 2 N–H and O–H groups in total. The lowest BCUT2D eigenvalue weighted by Crippen LogP contribution is -2.32. The van der Waals surface area contributed by atoms with Gasteiger partial charge >= 0.3 is 0 Å². The monoisotopic (exact) mass is 326 g/mol. The summed E-state index contributed by atoms with van der Waals surface area (Å²) >= 11 is 1.57. The van der Waals surface area contributed by atoms with Crippen molar-refractivity contribution in [3.8, 4) is 0 Å². The minimum absolute atomic E-state index is 0.0345. The number of nitrogens with zero attached hydrogens (tertiary/aromatic N) is 1. The minimum Gasteiger partial charge on any atom is -0.369 e. The predicted molar refractivity (Wildman–Crippen MR) is 90.2 cm³/mol. The first-order valence-electron chi connectivity index (χ1n) is 7.55. The number of hydrogen-bond acceptors (Lipinski definition) is 3. The first kappa shape index (κ1) is 15.6. The predicted octanol–water partition coefficient (Wildman–Crippen LogP) is 2.79. The largest absolute Gasteiger partial charge is 0.369 e. The van der Waals surface area contributed by atoms with Gasteiger partial charge in [-0.05, 0) is 30.7 Å². The van der Waals surface area contributed by atoms with Gasteiger partial charge in [0.25, 0.3) is 5.91 Å². The van der Waals surface area contributed by atoms with Crippen LogP contribution in [0.1, 0.15) is 16.8 Å². The number of likely N-dealkylation sites (tertiary alicyclic amines) is 1. The average molecular weight is 326 g/mol. The summed E-state index contributed by atoms with van der Waals surface area (Å²) in [6.07, 6.45) is 0.648. The Morgan fingerprint density at radius 2 is 1.74 bits per heavy atom. The van der Waals surface area contributed by atoms with E-state index in [0.29, 0.717) is 25.1 Å². The topological polar surface area (TPSA) is 63.4 Å². The van der Waals surface area contributed by atoms with Crippen molar-refractivity contribution in [2.24, 2.45) is 11.7 Å². The molecule has 3 rings (SSSR count). The van der Waals surface area contributed by atoms with Gasteiger partial charge in [-0.1, -0.05) is 42.1 Å². The average Bonchev–Trinajstić information content (AvgIpc) is 3.06. The Morgan fingerprint density at radius 3 is 2.43 bits per heavy atom. The van der Waals surface area contributed by atoms with E-state index in [9.17, 15) is 9.59 Å². The van der Waals surface area contributed by atoms with E-state index >= 15 is 0 Å². The maximum Gasteiger partial charge on any atom is 0.255 e. The summed E-state index contributed by atoms with van der Waals surface area (Å²) in [6, 6.07) is 17.5. The zero-order chi connectivity index (χ0) is 16.2. The first-order chi connectivity index (χ1) is 11.1. The molecule has 2 amide bonds. The molecular weight excluding hydrogens is 308 g/mol. The van der Waals surface area contributed by atoms with Gasteiger partial charge < -0.3 is 10.6 Å². The molecule has 23 heavy (non-hydrogen) atoms. The van der Waals surface area contributed by atoms with Crippen molar-refractivity contribution in [3.63, 3.8) is 0 Å². The van der Waals surface area contributed by atoms with Crippen molar-refractivity contribution in [1.82, 2.24) is 4.90 Å². The highest BCUT2D eigenvalue weighted by molar-refractivity contribution is 7.99. The summed E-state index contributed by atoms with van der Waals surface area (Å²) in [5, 5.41) is 0. The molecule has 1 saturated heterocycles. The van der Waals surface area contributed by atoms with Crippen LogP contribution in [0.15, 0.2) is 64.4 Å². The zero-order valence-electron chi connectivity index (χ0n) is 12.6. The van der Waals surface area contributed by atoms with Crippen LogP contribution in [0.3, 0.4) is 0 Å². The number of rotatable bonds is 4. The van der Waals surface area contributed by atoms with Crippen molar-refractivity contribution < 1.29 is 9.59 Å². The lowest BCUT2D eigenvalue weighted by atomic mass is 10.1. The maximum atomic E-state index is 12.8. The third-order valence-electron chi connectivity index (χ3n) is 3.97. The van der Waals surface area contributed by atoms with Gasteiger partial charge in [-0.3, -0.25) is 9.59 Å². The van der Waals surface area contributed by atoms with E-state index in [1.54, 1.807) is 16.7 Å². The second kappa shape index (κ2) is 6.87. The van der Waals surface area contributed by atoms with Crippen LogP contribution in [0.5, 0.6) is 0 Å². The Bertz CT molecular complexity index is 718. The van der Waals surface area contributed by atoms with E-state index in [1.807, 2.05) is 54.6 Å². The Hall–Kier alpha value is -2.27. The molecule has 0 aromatic heterocycles. The second-order valence-corrected chi connectivity index (χ2v) is 6.67. The SMILES string of the molecule is NC(=O)[C@@H]1CCN(C(=O)c2ccccc2Sc2ccccc2)C1. The molecular formula is C18H18N2O2S. The normalized spacial score (nSPS) is 17.2. The van der Waals surface area contributed by atoms with Gasteiger partial charge in [0.15, 0.2) is 0 Å². The Kier molecular flexibility index (Phi) is 4.67. The van der Waals surface area contributed by atoms with Crippen LogP contribution < -0.4 is 5.73 Å². The third kappa shape index (κ3) is 3.56. The molecule has 2 aromatic rings. The van der Waals surface area contributed by atoms with Gasteiger partial charge in [-0.15, -0.1) is 0 Å². The Balaban J connectivity index is 1.80. The highest BCUT2D eigenvalue weighted by atomic mass is 32.2. The summed E-state index contributed by atoms with van der Waals surface area (Å²) in [7, 11) is 0. The summed E-state index contributed by atoms with van der Waals surface area (Å²) in [5.74, 6) is -0.590. The smallest absolute Gasteiger partial charge is 0.255 e. The molecule has 118 valence electrons. The van der Waals surface area contributed by atoms with Crippen LogP contribution in [0.25, 0.3) is 0 Å². The van der Waals surface area contributed by atoms with Crippen LogP contribution in [0, 0.1) is 5.92 Å². The summed E-state index contributed by atoms with van der Waals surface area (Å²) < 4.78 is 0. The number of nitrogens with two attached hydrogens (primary N) is 1. The third-order valence-corrected chi connectivity index (χ3v) is 5.05. The van der Waals surface area contributed by atoms with Crippen LogP contribution in [0.4, 0.5) is 0 Å². The summed E-state index contributed by atoms with van der Waals surface area (Å²) in [6.45, 7) is 0.995. The molecule has 0 bridgehead atoms. The number of benzene rings is 2. The highest BCUT2D eigenvalue weighted by Gasteiger charge is 2.30. The molecule has 0 saturated carbocycles. The van der Waals surface area contributed by atoms with Gasteiger partial charge in [-0.25, -0.2) is 0 Å². The Morgan fingerprint density at radius 1 is 1.04 bits per heavy atom. The van der Waals surface area contributed by atoms with Crippen molar-refractivity contribution >= 4 is 23.6 Å². The zero-order valence-corrected chi connectivity index (χ0v) is 13.5. The fraction of sp³-hybridized carbons (Fsp3) is 0.222. The molecule has 1 heterocycles. The number of carbonyl (C=O) groups is 2. The fourth-order valence-electron chi connectivity index (χ4n) is 2.70. The minimum atomic E-state index is -0.327. The highest BCUT2D eigenvalue weighted by Crippen LogP contribution is 2.31. The number of amides is 2. The van der Waals surface area contributed by atoms with Gasteiger partial charge in [0, 0.05) is 22.9 Å².